The largest absolute Gasteiger partial charge is 0.320 e. The summed E-state index contributed by atoms with van der Waals surface area (Å²) in [6.45, 7) is 1.58. The van der Waals surface area contributed by atoms with E-state index in [0.717, 1.165) is 11.3 Å². The highest BCUT2D eigenvalue weighted by Crippen LogP contribution is 2.34. The minimum atomic E-state index is -4.40. The van der Waals surface area contributed by atoms with Gasteiger partial charge in [0.25, 0.3) is 10.1 Å². The van der Waals surface area contributed by atoms with Crippen molar-refractivity contribution in [2.75, 3.05) is 0 Å². The predicted molar refractivity (Wildman–Crippen MR) is 93.2 cm³/mol. The maximum absolute atomic E-state index is 11.6. The molecule has 1 aliphatic carbocycles. The smallest absolute Gasteiger partial charge is 0.296 e. The fourth-order valence-electron chi connectivity index (χ4n) is 2.40. The molecule has 1 aliphatic rings. The molecule has 0 spiro atoms. The van der Waals surface area contributed by atoms with Gasteiger partial charge in [0.05, 0.1) is 21.1 Å². The van der Waals surface area contributed by atoms with Crippen LogP contribution in [0.3, 0.4) is 0 Å². The lowest BCUT2D eigenvalue weighted by atomic mass is 10.0. The summed E-state index contributed by atoms with van der Waals surface area (Å²) in [5, 5.41) is 0.437. The van der Waals surface area contributed by atoms with Crippen LogP contribution in [-0.2, 0) is 20.4 Å². The van der Waals surface area contributed by atoms with Crippen molar-refractivity contribution in [3.8, 4) is 0 Å². The molecule has 1 heterocycles. The number of thiazole rings is 1. The van der Waals surface area contributed by atoms with E-state index < -0.39 is 26.5 Å². The zero-order valence-corrected chi connectivity index (χ0v) is 14.7. The molecule has 7 nitrogen and oxygen atoms in total. The van der Waals surface area contributed by atoms with Crippen LogP contribution in [-0.4, -0.2) is 37.3 Å². The van der Waals surface area contributed by atoms with Gasteiger partial charge in [-0.3, -0.25) is 4.55 Å². The van der Waals surface area contributed by atoms with Gasteiger partial charge < -0.3 is 5.73 Å². The monoisotopic (exact) mass is 384 g/mol. The Hall–Kier alpha value is -1.85. The van der Waals surface area contributed by atoms with E-state index in [-0.39, 0.29) is 9.76 Å². The summed E-state index contributed by atoms with van der Waals surface area (Å²) in [6, 6.07) is 2.48. The molecule has 1 atom stereocenters. The number of fused-ring (bicyclic) bond motifs is 1. The van der Waals surface area contributed by atoms with Gasteiger partial charge in [0, 0.05) is 5.57 Å². The lowest BCUT2D eigenvalue weighted by Crippen LogP contribution is -2.29. The Morgan fingerprint density at radius 2 is 2.04 bits per heavy atom. The zero-order valence-electron chi connectivity index (χ0n) is 12.3. The van der Waals surface area contributed by atoms with E-state index in [9.17, 15) is 21.4 Å². The number of aromatic nitrogens is 1. The highest BCUT2D eigenvalue weighted by Gasteiger charge is 2.22. The topological polar surface area (TPSA) is 127 Å². The van der Waals surface area contributed by atoms with Crippen LogP contribution in [0.25, 0.3) is 15.8 Å². The number of allylic oxidation sites excluding steroid dienone is 2. The van der Waals surface area contributed by atoms with Crippen LogP contribution in [0.2, 0.25) is 0 Å². The average Bonchev–Trinajstić information content (AvgIpc) is 2.89. The van der Waals surface area contributed by atoms with Gasteiger partial charge in [-0.25, -0.2) is 4.98 Å². The molecular weight excluding hydrogens is 372 g/mol. The number of nitrogens with zero attached hydrogens (tertiary/aromatic N) is 1. The molecule has 24 heavy (non-hydrogen) atoms. The molecule has 10 heteroatoms. The van der Waals surface area contributed by atoms with Crippen LogP contribution in [0.15, 0.2) is 35.3 Å². The average molecular weight is 384 g/mol. The molecule has 1 unspecified atom stereocenters. The Morgan fingerprint density at radius 1 is 1.33 bits per heavy atom. The van der Waals surface area contributed by atoms with Crippen molar-refractivity contribution in [1.29, 1.82) is 0 Å². The Kier molecular flexibility index (Phi) is 4.18. The van der Waals surface area contributed by atoms with Gasteiger partial charge in [0.2, 0.25) is 10.3 Å². The minimum absolute atomic E-state index is 0.0259. The van der Waals surface area contributed by atoms with Crippen molar-refractivity contribution < 1.29 is 21.4 Å². The number of aryl methyl sites for hydroxylation is 1. The molecule has 0 bridgehead atoms. The first-order valence-electron chi connectivity index (χ1n) is 6.68. The van der Waals surface area contributed by atoms with E-state index >= 15 is 0 Å². The van der Waals surface area contributed by atoms with E-state index in [1.54, 1.807) is 25.1 Å². The third kappa shape index (κ3) is 2.94. The molecule has 3 N–H and O–H groups in total. The van der Waals surface area contributed by atoms with E-state index in [1.807, 2.05) is 0 Å². The molecule has 0 amide bonds. The van der Waals surface area contributed by atoms with E-state index in [4.69, 9.17) is 5.73 Å². The molecule has 0 radical (unpaired) electrons. The molecule has 0 saturated carbocycles. The van der Waals surface area contributed by atoms with Crippen LogP contribution < -0.4 is 5.73 Å². The SMILES string of the molecule is Cc1ccc2nc(C3=CC(=S(=O)=O)C(N)C=C3)sc2c1S(=O)(=O)O. The summed E-state index contributed by atoms with van der Waals surface area (Å²) < 4.78 is 55.5. The number of rotatable bonds is 2. The van der Waals surface area contributed by atoms with Gasteiger partial charge in [0.15, 0.2) is 0 Å². The summed E-state index contributed by atoms with van der Waals surface area (Å²) in [5.41, 5.74) is 7.03. The third-order valence-electron chi connectivity index (χ3n) is 3.52. The molecular formula is C14H12N2O5S3. The van der Waals surface area contributed by atoms with Crippen molar-refractivity contribution in [3.05, 3.63) is 40.9 Å². The Bertz CT molecular complexity index is 1150. The van der Waals surface area contributed by atoms with Gasteiger partial charge >= 0.3 is 0 Å². The van der Waals surface area contributed by atoms with Gasteiger partial charge in [-0.05, 0) is 24.6 Å². The van der Waals surface area contributed by atoms with Crippen molar-refractivity contribution in [3.63, 3.8) is 0 Å². The van der Waals surface area contributed by atoms with Crippen molar-refractivity contribution in [2.45, 2.75) is 17.9 Å². The standard InChI is InChI=1S/C14H12N2O5S3/c1-7-2-5-10-12(13(7)24(19,20)21)22-14(16-10)8-3-4-9(15)11(6-8)23(17)18/h2-6,9H,15H2,1H3,(H,19,20,21). The second-order valence-corrected chi connectivity index (χ2v) is 8.47. The molecule has 3 rings (SSSR count). The molecule has 0 aliphatic heterocycles. The normalized spacial score (nSPS) is 18.0. The van der Waals surface area contributed by atoms with Crippen molar-refractivity contribution in [1.82, 2.24) is 4.98 Å². The van der Waals surface area contributed by atoms with Crippen LogP contribution in [0.4, 0.5) is 0 Å². The summed E-state index contributed by atoms with van der Waals surface area (Å²) >= 11 is 1.06. The Balaban J connectivity index is 2.26. The summed E-state index contributed by atoms with van der Waals surface area (Å²) in [7, 11) is -6.86. The minimum Gasteiger partial charge on any atom is -0.320 e. The summed E-state index contributed by atoms with van der Waals surface area (Å²) in [5.74, 6) is 0. The maximum atomic E-state index is 11.6. The summed E-state index contributed by atoms with van der Waals surface area (Å²) in [4.78, 5) is 4.18. The molecule has 1 aromatic heterocycles. The maximum Gasteiger partial charge on any atom is 0.296 e. The highest BCUT2D eigenvalue weighted by molar-refractivity contribution is 7.86. The second kappa shape index (κ2) is 5.90. The number of hydrogen-bond donors (Lipinski definition) is 2. The molecule has 1 aromatic carbocycles. The van der Waals surface area contributed by atoms with Gasteiger partial charge in [0.1, 0.15) is 9.90 Å². The third-order valence-corrected chi connectivity index (χ3v) is 6.60. The quantitative estimate of drug-likeness (QED) is 0.588. The Labute approximate surface area is 143 Å². The van der Waals surface area contributed by atoms with Crippen molar-refractivity contribution >= 4 is 52.4 Å². The zero-order chi connectivity index (χ0) is 17.6. The molecule has 2 aromatic rings. The van der Waals surface area contributed by atoms with Gasteiger partial charge in [-0.2, -0.15) is 16.8 Å². The number of hydrogen-bond acceptors (Lipinski definition) is 7. The predicted octanol–water partition coefficient (Wildman–Crippen LogP) is 1.18. The molecule has 0 fully saturated rings. The van der Waals surface area contributed by atoms with E-state index in [1.165, 1.54) is 12.2 Å². The lowest BCUT2D eigenvalue weighted by Gasteiger charge is -2.10. The first-order chi connectivity index (χ1) is 11.2. The van der Waals surface area contributed by atoms with Gasteiger partial charge in [-0.15, -0.1) is 11.3 Å². The van der Waals surface area contributed by atoms with Crippen LogP contribution in [0.1, 0.15) is 10.6 Å². The molecule has 0 saturated heterocycles. The van der Waals surface area contributed by atoms with Gasteiger partial charge in [-0.1, -0.05) is 18.2 Å². The number of nitrogens with two attached hydrogens (primary N) is 1. The summed E-state index contributed by atoms with van der Waals surface area (Å²) in [6.07, 6.45) is 4.58. The molecule has 126 valence electrons. The first kappa shape index (κ1) is 17.0. The Morgan fingerprint density at radius 3 is 2.67 bits per heavy atom. The van der Waals surface area contributed by atoms with E-state index in [2.05, 4.69) is 4.98 Å². The second-order valence-electron chi connectivity index (χ2n) is 5.18. The number of benzene rings is 1. The van der Waals surface area contributed by atoms with Crippen LogP contribution in [0, 0.1) is 6.92 Å². The van der Waals surface area contributed by atoms with Crippen molar-refractivity contribution in [2.24, 2.45) is 5.73 Å². The fourth-order valence-corrected chi connectivity index (χ4v) is 5.24. The highest BCUT2D eigenvalue weighted by atomic mass is 32.2. The fraction of sp³-hybridized carbons (Fsp3) is 0.143. The van der Waals surface area contributed by atoms with E-state index in [0.29, 0.717) is 26.4 Å². The first-order valence-corrected chi connectivity index (χ1v) is 10.0. The lowest BCUT2D eigenvalue weighted by molar-refractivity contribution is 0.483. The van der Waals surface area contributed by atoms with Crippen LogP contribution in [0.5, 0.6) is 0 Å². The van der Waals surface area contributed by atoms with Crippen LogP contribution >= 0.6 is 11.3 Å².